The second kappa shape index (κ2) is 24.9. The van der Waals surface area contributed by atoms with E-state index in [4.69, 9.17) is 9.98 Å². The van der Waals surface area contributed by atoms with Crippen LogP contribution < -0.4 is 4.90 Å². The highest BCUT2D eigenvalue weighted by molar-refractivity contribution is 6.17. The number of unbranched alkanes of at least 4 members (excludes halogenated alkanes) is 1. The van der Waals surface area contributed by atoms with Gasteiger partial charge in [-0.15, -0.1) is 0 Å². The van der Waals surface area contributed by atoms with E-state index >= 15 is 0 Å². The van der Waals surface area contributed by atoms with Crippen molar-refractivity contribution in [2.24, 2.45) is 9.98 Å². The van der Waals surface area contributed by atoms with E-state index in [1.165, 1.54) is 86.2 Å². The largest absolute Gasteiger partial charge is 0.310 e. The minimum absolute atomic E-state index is 0.0855. The summed E-state index contributed by atoms with van der Waals surface area (Å²) in [4.78, 5) is 13.3. The number of rotatable bonds is 11. The molecular weight excluding hydrogens is 883 g/mol. The molecule has 73 heavy (non-hydrogen) atoms. The van der Waals surface area contributed by atoms with E-state index in [0.29, 0.717) is 5.92 Å². The first-order chi connectivity index (χ1) is 35.6. The molecule has 8 aromatic rings. The zero-order valence-corrected chi connectivity index (χ0v) is 44.9. The molecule has 370 valence electrons. The molecule has 0 radical (unpaired) electrons. The molecule has 8 aromatic carbocycles. The molecule has 0 saturated heterocycles. The molecule has 3 atom stereocenters. The van der Waals surface area contributed by atoms with Gasteiger partial charge in [0.05, 0.1) is 11.7 Å². The summed E-state index contributed by atoms with van der Waals surface area (Å²) in [6.45, 7) is 20.2. The highest BCUT2D eigenvalue weighted by Crippen LogP contribution is 2.47. The third kappa shape index (κ3) is 12.3. The Kier molecular flexibility index (Phi) is 17.7. The van der Waals surface area contributed by atoms with Gasteiger partial charge in [0.2, 0.25) is 0 Å². The van der Waals surface area contributed by atoms with Gasteiger partial charge in [-0.2, -0.15) is 0 Å². The minimum Gasteiger partial charge on any atom is -0.310 e. The topological polar surface area (TPSA) is 28.0 Å². The van der Waals surface area contributed by atoms with E-state index in [1.54, 1.807) is 0 Å². The molecule has 2 aliphatic carbocycles. The van der Waals surface area contributed by atoms with E-state index in [2.05, 4.69) is 267 Å². The summed E-state index contributed by atoms with van der Waals surface area (Å²) in [6, 6.07) is 63.3. The summed E-state index contributed by atoms with van der Waals surface area (Å²) >= 11 is 0. The zero-order chi connectivity index (χ0) is 51.3. The molecule has 0 spiro atoms. The number of benzene rings is 8. The van der Waals surface area contributed by atoms with E-state index in [1.807, 2.05) is 0 Å². The van der Waals surface area contributed by atoms with Crippen LogP contribution in [0.4, 0.5) is 11.4 Å². The Balaban J connectivity index is 0.000000579. The van der Waals surface area contributed by atoms with Crippen molar-refractivity contribution in [1.82, 2.24) is 0 Å². The van der Waals surface area contributed by atoms with Crippen LogP contribution in [-0.2, 0) is 0 Å². The predicted molar refractivity (Wildman–Crippen MR) is 319 cm³/mol. The lowest BCUT2D eigenvalue weighted by molar-refractivity contribution is 0.691. The highest BCUT2D eigenvalue weighted by Gasteiger charge is 2.29. The monoisotopic (exact) mass is 958 g/mol. The predicted octanol–water partition coefficient (Wildman–Crippen LogP) is 20.3. The minimum atomic E-state index is -0.0855. The van der Waals surface area contributed by atoms with Gasteiger partial charge < -0.3 is 4.90 Å². The molecule has 0 aromatic heterocycles. The SMILES string of the molecule is CC1=CCCC=C1.CCC(C)c1ccc2ccccc2c1C1CC(C)=C(N(c2ccccc2)c2cc(C(C)=NC(=NC(C)c3ccccc3)c3cccc4ccccc34)cc3ccccc23)C=C1C.CCCC. The Morgan fingerprint density at radius 2 is 1.25 bits per heavy atom. The third-order valence-corrected chi connectivity index (χ3v) is 14.7. The number of nitrogens with zero attached hydrogens (tertiary/aromatic N) is 3. The van der Waals surface area contributed by atoms with Crippen molar-refractivity contribution < 1.29 is 0 Å². The second-order valence-corrected chi connectivity index (χ2v) is 20.0. The second-order valence-electron chi connectivity index (χ2n) is 20.0. The van der Waals surface area contributed by atoms with Crippen LogP contribution in [0.15, 0.2) is 233 Å². The first-order valence-electron chi connectivity index (χ1n) is 26.9. The van der Waals surface area contributed by atoms with Crippen LogP contribution in [0, 0.1) is 0 Å². The van der Waals surface area contributed by atoms with Crippen molar-refractivity contribution in [3.8, 4) is 0 Å². The molecular formula is C70H75N3. The number of amidine groups is 1. The van der Waals surface area contributed by atoms with E-state index in [9.17, 15) is 0 Å². The van der Waals surface area contributed by atoms with Crippen molar-refractivity contribution in [3.63, 3.8) is 0 Å². The van der Waals surface area contributed by atoms with Gasteiger partial charge >= 0.3 is 0 Å². The molecule has 3 unspecified atom stereocenters. The quantitative estimate of drug-likeness (QED) is 0.0938. The summed E-state index contributed by atoms with van der Waals surface area (Å²) in [7, 11) is 0. The summed E-state index contributed by atoms with van der Waals surface area (Å²) < 4.78 is 0. The molecule has 0 amide bonds. The van der Waals surface area contributed by atoms with Crippen LogP contribution in [0.5, 0.6) is 0 Å². The number of aliphatic imine (C=N–C) groups is 2. The summed E-state index contributed by atoms with van der Waals surface area (Å²) in [5.41, 5.74) is 14.7. The fourth-order valence-corrected chi connectivity index (χ4v) is 10.2. The molecule has 3 nitrogen and oxygen atoms in total. The van der Waals surface area contributed by atoms with E-state index < -0.39 is 0 Å². The number of para-hydroxylation sites is 1. The summed E-state index contributed by atoms with van der Waals surface area (Å²) in [5.74, 6) is 1.49. The summed E-state index contributed by atoms with van der Waals surface area (Å²) in [6.07, 6.45) is 16.3. The average Bonchev–Trinajstić information content (AvgIpc) is 3.44. The first kappa shape index (κ1) is 52.0. The van der Waals surface area contributed by atoms with Crippen LogP contribution in [-0.4, -0.2) is 11.5 Å². The first-order valence-corrected chi connectivity index (χ1v) is 26.9. The molecule has 10 rings (SSSR count). The maximum Gasteiger partial charge on any atom is 0.156 e. The summed E-state index contributed by atoms with van der Waals surface area (Å²) in [5, 5.41) is 7.34. The van der Waals surface area contributed by atoms with Gasteiger partial charge in [-0.1, -0.05) is 222 Å². The Hall–Kier alpha value is -7.36. The van der Waals surface area contributed by atoms with Crippen molar-refractivity contribution >= 4 is 55.2 Å². The lowest BCUT2D eigenvalue weighted by Crippen LogP contribution is -2.22. The Morgan fingerprint density at radius 3 is 1.89 bits per heavy atom. The standard InChI is InChI=1S/C59H55N3.C7H10.C4H10/c1-7-39(2)50-34-33-46-24-15-19-31-53(46)58(50)55-35-41(4)56(36-40(55)3)62(49-27-12-9-13-28-49)57-38-48(37-47-25-16-18-30-52(47)57)43(6)61-59(60-42(5)44-21-10-8-11-22-44)54-32-20-26-45-23-14-17-29-51(45)54;1-7-5-3-2-4-6-7;1-3-4-2/h8-34,36-39,42,55H,7,35H2,1-6H3;3,5-6H,2,4H2,1H3;3-4H2,1-2H3. The van der Waals surface area contributed by atoms with E-state index in [-0.39, 0.29) is 12.0 Å². The maximum absolute atomic E-state index is 5.47. The van der Waals surface area contributed by atoms with Crippen molar-refractivity contribution in [2.45, 2.75) is 119 Å². The van der Waals surface area contributed by atoms with Gasteiger partial charge in [-0.25, -0.2) is 4.99 Å². The number of allylic oxidation sites excluding steroid dienone is 7. The lowest BCUT2D eigenvalue weighted by Gasteiger charge is -2.35. The van der Waals surface area contributed by atoms with Gasteiger partial charge in [-0.05, 0) is 151 Å². The maximum atomic E-state index is 5.47. The smallest absolute Gasteiger partial charge is 0.156 e. The zero-order valence-electron chi connectivity index (χ0n) is 44.9. The molecule has 0 bridgehead atoms. The third-order valence-electron chi connectivity index (χ3n) is 14.7. The van der Waals surface area contributed by atoms with Crippen LogP contribution in [0.1, 0.15) is 147 Å². The number of anilines is 2. The molecule has 0 saturated carbocycles. The Bertz CT molecular complexity index is 3340. The van der Waals surface area contributed by atoms with Crippen molar-refractivity contribution in [2.75, 3.05) is 4.90 Å². The molecule has 0 heterocycles. The van der Waals surface area contributed by atoms with Crippen LogP contribution in [0.2, 0.25) is 0 Å². The average molecular weight is 958 g/mol. The molecule has 0 N–H and O–H groups in total. The van der Waals surface area contributed by atoms with Crippen LogP contribution >= 0.6 is 0 Å². The normalized spacial score (nSPS) is 15.7. The molecule has 0 aliphatic heterocycles. The number of hydrogen-bond acceptors (Lipinski definition) is 2. The Morgan fingerprint density at radius 1 is 0.630 bits per heavy atom. The molecule has 3 heteroatoms. The van der Waals surface area contributed by atoms with Crippen LogP contribution in [0.25, 0.3) is 32.3 Å². The van der Waals surface area contributed by atoms with Crippen molar-refractivity contribution in [3.05, 3.63) is 250 Å². The Labute approximate surface area is 437 Å². The molecule has 2 aliphatic rings. The van der Waals surface area contributed by atoms with Gasteiger partial charge in [0.25, 0.3) is 0 Å². The van der Waals surface area contributed by atoms with Crippen LogP contribution in [0.3, 0.4) is 0 Å². The number of fused-ring (bicyclic) bond motifs is 3. The van der Waals surface area contributed by atoms with E-state index in [0.717, 1.165) is 57.8 Å². The van der Waals surface area contributed by atoms with Gasteiger partial charge in [-0.3, -0.25) is 4.99 Å². The molecule has 0 fully saturated rings. The van der Waals surface area contributed by atoms with Gasteiger partial charge in [0.1, 0.15) is 0 Å². The number of hydrogen-bond donors (Lipinski definition) is 0. The van der Waals surface area contributed by atoms with Gasteiger partial charge in [0.15, 0.2) is 5.84 Å². The van der Waals surface area contributed by atoms with Crippen molar-refractivity contribution in [1.29, 1.82) is 0 Å². The lowest BCUT2D eigenvalue weighted by atomic mass is 9.75. The van der Waals surface area contributed by atoms with Gasteiger partial charge in [0, 0.05) is 34.0 Å². The fourth-order valence-electron chi connectivity index (χ4n) is 10.2. The highest BCUT2D eigenvalue weighted by atomic mass is 15.2. The fraction of sp³-hybridized carbons (Fsp3) is 0.257.